The van der Waals surface area contributed by atoms with E-state index >= 15 is 0 Å². The number of para-hydroxylation sites is 1. The summed E-state index contributed by atoms with van der Waals surface area (Å²) < 4.78 is 19.7. The van der Waals surface area contributed by atoms with E-state index in [-0.39, 0.29) is 34.6 Å². The minimum Gasteiger partial charge on any atom is -0.454 e. The highest BCUT2D eigenvalue weighted by Crippen LogP contribution is 2.13. The first-order valence-corrected chi connectivity index (χ1v) is 8.29. The maximum absolute atomic E-state index is 14.0. The summed E-state index contributed by atoms with van der Waals surface area (Å²) in [5.41, 5.74) is -2.15. The number of aromatic nitrogens is 5. The maximum atomic E-state index is 14.0. The van der Waals surface area contributed by atoms with E-state index in [0.717, 1.165) is 6.07 Å². The quantitative estimate of drug-likeness (QED) is 0.430. The molecular formula is C18H12FN5O5. The Hall–Kier alpha value is -4.28. The minimum absolute atomic E-state index is 0.0640. The number of H-pyrrole nitrogens is 3. The molecule has 29 heavy (non-hydrogen) atoms. The number of carbonyl (C=O) groups is 1. The molecule has 0 aliphatic carbocycles. The molecule has 2 aromatic carbocycles. The van der Waals surface area contributed by atoms with Gasteiger partial charge in [-0.2, -0.15) is 5.10 Å². The number of nitrogens with one attached hydrogen (secondary N) is 3. The predicted octanol–water partition coefficient (Wildman–Crippen LogP) is 0.586. The molecule has 0 radical (unpaired) electrons. The highest BCUT2D eigenvalue weighted by atomic mass is 19.1. The number of halogens is 1. The lowest BCUT2D eigenvalue weighted by molar-refractivity contribution is 0.0462. The molecule has 0 saturated heterocycles. The van der Waals surface area contributed by atoms with Gasteiger partial charge in [-0.1, -0.05) is 12.1 Å². The van der Waals surface area contributed by atoms with Gasteiger partial charge in [-0.3, -0.25) is 9.78 Å². The molecule has 3 N–H and O–H groups in total. The molecule has 0 aliphatic rings. The SMILES string of the molecule is O=C(OCc1n[nH]c(=O)[nH]1)c1ccc2c(=O)n(-c3ccccc3F)c(=O)[nH]c2c1. The lowest BCUT2D eigenvalue weighted by Crippen LogP contribution is -2.34. The molecule has 2 aromatic heterocycles. The largest absolute Gasteiger partial charge is 0.454 e. The monoisotopic (exact) mass is 397 g/mol. The Morgan fingerprint density at radius 2 is 1.90 bits per heavy atom. The van der Waals surface area contributed by atoms with E-state index in [2.05, 4.69) is 20.2 Å². The first-order valence-electron chi connectivity index (χ1n) is 8.29. The summed E-state index contributed by atoms with van der Waals surface area (Å²) in [5.74, 6) is -1.35. The van der Waals surface area contributed by atoms with Gasteiger partial charge in [-0.05, 0) is 30.3 Å². The lowest BCUT2D eigenvalue weighted by Gasteiger charge is -2.08. The van der Waals surface area contributed by atoms with Gasteiger partial charge in [0.05, 0.1) is 22.2 Å². The van der Waals surface area contributed by atoms with Crippen molar-refractivity contribution in [3.05, 3.63) is 91.0 Å². The van der Waals surface area contributed by atoms with Gasteiger partial charge in [-0.15, -0.1) is 0 Å². The summed E-state index contributed by atoms with van der Waals surface area (Å²) in [4.78, 5) is 53.0. The van der Waals surface area contributed by atoms with Crippen molar-refractivity contribution in [3.63, 3.8) is 0 Å². The third kappa shape index (κ3) is 3.36. The number of esters is 1. The summed E-state index contributed by atoms with van der Waals surface area (Å²) in [6.45, 7) is -0.277. The summed E-state index contributed by atoms with van der Waals surface area (Å²) >= 11 is 0. The van der Waals surface area contributed by atoms with Crippen molar-refractivity contribution in [3.8, 4) is 5.69 Å². The average Bonchev–Trinajstić information content (AvgIpc) is 3.12. The zero-order valence-electron chi connectivity index (χ0n) is 14.6. The number of carbonyl (C=O) groups excluding carboxylic acids is 1. The van der Waals surface area contributed by atoms with E-state index < -0.39 is 28.7 Å². The van der Waals surface area contributed by atoms with E-state index in [9.17, 15) is 23.6 Å². The molecule has 2 heterocycles. The standard InChI is InChI=1S/C18H12FN5O5/c19-11-3-1-2-4-13(11)24-15(25)10-6-5-9(7-12(10)20-18(24)28)16(26)29-8-14-21-17(27)23-22-14/h1-7H,8H2,(H,20,28)(H2,21,22,23,27). The van der Waals surface area contributed by atoms with Crippen LogP contribution in [0.1, 0.15) is 16.2 Å². The molecule has 0 saturated carbocycles. The van der Waals surface area contributed by atoms with Crippen molar-refractivity contribution < 1.29 is 13.9 Å². The van der Waals surface area contributed by atoms with Crippen LogP contribution in [0.3, 0.4) is 0 Å². The average molecular weight is 397 g/mol. The van der Waals surface area contributed by atoms with E-state index in [4.69, 9.17) is 4.74 Å². The van der Waals surface area contributed by atoms with Gasteiger partial charge in [0.25, 0.3) is 5.56 Å². The zero-order chi connectivity index (χ0) is 20.5. The van der Waals surface area contributed by atoms with Crippen LogP contribution in [0.5, 0.6) is 0 Å². The number of rotatable bonds is 4. The first kappa shape index (κ1) is 18.1. The molecule has 0 atom stereocenters. The van der Waals surface area contributed by atoms with Crippen molar-refractivity contribution in [1.29, 1.82) is 0 Å². The fraction of sp³-hybridized carbons (Fsp3) is 0.0556. The predicted molar refractivity (Wildman–Crippen MR) is 98.5 cm³/mol. The molecule has 146 valence electrons. The molecule has 0 fully saturated rings. The van der Waals surface area contributed by atoms with Crippen molar-refractivity contribution >= 4 is 16.9 Å². The topological polar surface area (TPSA) is 143 Å². The summed E-state index contributed by atoms with van der Waals surface area (Å²) in [7, 11) is 0. The second-order valence-electron chi connectivity index (χ2n) is 5.98. The van der Waals surface area contributed by atoms with Gasteiger partial charge >= 0.3 is 17.3 Å². The molecule has 4 aromatic rings. The van der Waals surface area contributed by atoms with Gasteiger partial charge in [0.2, 0.25) is 0 Å². The van der Waals surface area contributed by atoms with Gasteiger partial charge in [0.1, 0.15) is 5.82 Å². The molecule has 0 unspecified atom stereocenters. The zero-order valence-corrected chi connectivity index (χ0v) is 14.6. The van der Waals surface area contributed by atoms with Gasteiger partial charge in [-0.25, -0.2) is 28.4 Å². The molecule has 0 spiro atoms. The second-order valence-corrected chi connectivity index (χ2v) is 5.98. The normalized spacial score (nSPS) is 10.9. The van der Waals surface area contributed by atoms with Crippen molar-refractivity contribution in [1.82, 2.24) is 24.7 Å². The molecule has 4 rings (SSSR count). The minimum atomic E-state index is -0.854. The summed E-state index contributed by atoms with van der Waals surface area (Å²) in [6, 6.07) is 9.33. The van der Waals surface area contributed by atoms with E-state index in [1.54, 1.807) is 0 Å². The molecule has 11 heteroatoms. The maximum Gasteiger partial charge on any atom is 0.340 e. The third-order valence-electron chi connectivity index (χ3n) is 4.12. The molecule has 0 bridgehead atoms. The Kier molecular flexibility index (Phi) is 4.39. The number of aromatic amines is 3. The second kappa shape index (κ2) is 7.03. The smallest absolute Gasteiger partial charge is 0.340 e. The van der Waals surface area contributed by atoms with Gasteiger partial charge < -0.3 is 9.72 Å². The van der Waals surface area contributed by atoms with E-state index in [0.29, 0.717) is 4.57 Å². The number of hydrogen-bond acceptors (Lipinski definition) is 6. The number of nitrogens with zero attached hydrogens (tertiary/aromatic N) is 2. The van der Waals surface area contributed by atoms with Crippen LogP contribution >= 0.6 is 0 Å². The summed E-state index contributed by atoms with van der Waals surface area (Å²) in [5, 5.41) is 5.83. The van der Waals surface area contributed by atoms with Gasteiger partial charge in [0.15, 0.2) is 12.4 Å². The highest BCUT2D eigenvalue weighted by molar-refractivity contribution is 5.94. The lowest BCUT2D eigenvalue weighted by atomic mass is 10.1. The molecular weight excluding hydrogens is 385 g/mol. The Morgan fingerprint density at radius 1 is 1.10 bits per heavy atom. The third-order valence-corrected chi connectivity index (χ3v) is 4.12. The van der Waals surface area contributed by atoms with E-state index in [1.165, 1.54) is 36.4 Å². The Balaban J connectivity index is 1.70. The van der Waals surface area contributed by atoms with Crippen LogP contribution in [0.15, 0.2) is 56.8 Å². The number of fused-ring (bicyclic) bond motifs is 1. The first-order chi connectivity index (χ1) is 13.9. The number of benzene rings is 2. The van der Waals surface area contributed by atoms with Crippen LogP contribution in [-0.4, -0.2) is 30.7 Å². The van der Waals surface area contributed by atoms with Crippen molar-refractivity contribution in [2.24, 2.45) is 0 Å². The summed E-state index contributed by atoms with van der Waals surface area (Å²) in [6.07, 6.45) is 0. The van der Waals surface area contributed by atoms with Crippen LogP contribution in [0.4, 0.5) is 4.39 Å². The van der Waals surface area contributed by atoms with Crippen LogP contribution in [-0.2, 0) is 11.3 Å². The Labute approximate surface area is 159 Å². The fourth-order valence-electron chi connectivity index (χ4n) is 2.79. The van der Waals surface area contributed by atoms with E-state index in [1.807, 2.05) is 0 Å². The van der Waals surface area contributed by atoms with Crippen molar-refractivity contribution in [2.75, 3.05) is 0 Å². The van der Waals surface area contributed by atoms with Crippen LogP contribution < -0.4 is 16.9 Å². The van der Waals surface area contributed by atoms with Crippen LogP contribution in [0, 0.1) is 5.82 Å². The highest BCUT2D eigenvalue weighted by Gasteiger charge is 2.15. The Morgan fingerprint density at radius 3 is 2.62 bits per heavy atom. The van der Waals surface area contributed by atoms with Crippen LogP contribution in [0.2, 0.25) is 0 Å². The van der Waals surface area contributed by atoms with Gasteiger partial charge in [0, 0.05) is 0 Å². The number of ether oxygens (including phenoxy) is 1. The fourth-order valence-corrected chi connectivity index (χ4v) is 2.79. The van der Waals surface area contributed by atoms with Crippen LogP contribution in [0.25, 0.3) is 16.6 Å². The molecule has 0 aliphatic heterocycles. The number of hydrogen-bond donors (Lipinski definition) is 3. The molecule has 10 nitrogen and oxygen atoms in total. The molecule has 0 amide bonds. The Bertz CT molecular complexity index is 1410. The van der Waals surface area contributed by atoms with Crippen molar-refractivity contribution in [2.45, 2.75) is 6.61 Å².